The average Bonchev–Trinajstić information content (AvgIpc) is 2.99. The molecule has 12 heteroatoms. The molecule has 4 rings (SSSR count). The van der Waals surface area contributed by atoms with Crippen LogP contribution in [0.25, 0.3) is 0 Å². The number of rotatable bonds is 12. The predicted molar refractivity (Wildman–Crippen MR) is 171 cm³/mol. The van der Waals surface area contributed by atoms with Gasteiger partial charge in [0, 0.05) is 36.2 Å². The van der Waals surface area contributed by atoms with Gasteiger partial charge in [0.1, 0.15) is 12.6 Å². The van der Waals surface area contributed by atoms with Crippen molar-refractivity contribution in [3.8, 4) is 0 Å². The van der Waals surface area contributed by atoms with E-state index in [1.807, 2.05) is 30.3 Å². The van der Waals surface area contributed by atoms with Crippen LogP contribution in [-0.4, -0.2) is 54.9 Å². The number of nitro benzene ring substituents is 1. The molecule has 44 heavy (non-hydrogen) atoms. The monoisotopic (exact) mass is 640 g/mol. The first kappa shape index (κ1) is 32.9. The Bertz CT molecular complexity index is 1600. The first-order valence-corrected chi connectivity index (χ1v) is 16.8. The van der Waals surface area contributed by atoms with Gasteiger partial charge in [-0.2, -0.15) is 0 Å². The van der Waals surface area contributed by atoms with Crippen LogP contribution >= 0.6 is 11.6 Å². The van der Waals surface area contributed by atoms with Gasteiger partial charge in [-0.1, -0.05) is 85.5 Å². The molecule has 1 atom stereocenters. The van der Waals surface area contributed by atoms with Crippen molar-refractivity contribution in [2.75, 3.05) is 17.1 Å². The van der Waals surface area contributed by atoms with Gasteiger partial charge in [-0.05, 0) is 42.5 Å². The predicted octanol–water partition coefficient (Wildman–Crippen LogP) is 5.41. The lowest BCUT2D eigenvalue weighted by molar-refractivity contribution is -0.384. The fraction of sp³-hybridized carbons (Fsp3) is 0.375. The van der Waals surface area contributed by atoms with E-state index >= 15 is 0 Å². The number of non-ortho nitro benzene ring substituents is 1. The highest BCUT2D eigenvalue weighted by Gasteiger charge is 2.35. The molecule has 0 aliphatic heterocycles. The number of nitrogens with one attached hydrogen (secondary N) is 1. The molecule has 1 aliphatic carbocycles. The molecule has 1 unspecified atom stereocenters. The van der Waals surface area contributed by atoms with E-state index in [0.717, 1.165) is 54.3 Å². The number of halogens is 1. The Morgan fingerprint density at radius 2 is 1.68 bits per heavy atom. The van der Waals surface area contributed by atoms with Crippen molar-refractivity contribution in [3.05, 3.63) is 105 Å². The normalized spacial score (nSPS) is 14.4. The van der Waals surface area contributed by atoms with E-state index in [2.05, 4.69) is 5.32 Å². The average molecular weight is 641 g/mol. The Morgan fingerprint density at radius 1 is 1.02 bits per heavy atom. The Labute approximate surface area is 263 Å². The van der Waals surface area contributed by atoms with Crippen molar-refractivity contribution in [1.29, 1.82) is 0 Å². The Kier molecular flexibility index (Phi) is 11.0. The van der Waals surface area contributed by atoms with Gasteiger partial charge in [0.25, 0.3) is 5.69 Å². The summed E-state index contributed by atoms with van der Waals surface area (Å²) in [5.41, 5.74) is 1.54. The van der Waals surface area contributed by atoms with Gasteiger partial charge >= 0.3 is 0 Å². The molecule has 0 aromatic heterocycles. The molecule has 10 nitrogen and oxygen atoms in total. The first-order chi connectivity index (χ1) is 20.9. The van der Waals surface area contributed by atoms with Gasteiger partial charge in [-0.25, -0.2) is 8.42 Å². The third-order valence-electron chi connectivity index (χ3n) is 7.87. The SMILES string of the molecule is Cc1ccc([N+](=O)[O-])cc1N(CC(=O)N(Cc1ccccc1Cl)C(Cc1ccccc1)C(=O)NC1CCCCC1)S(C)(=O)=O. The van der Waals surface area contributed by atoms with Gasteiger partial charge < -0.3 is 10.2 Å². The summed E-state index contributed by atoms with van der Waals surface area (Å²) in [6.45, 7) is 0.881. The number of hydrogen-bond donors (Lipinski definition) is 1. The number of amides is 2. The molecule has 1 N–H and O–H groups in total. The zero-order valence-electron chi connectivity index (χ0n) is 24.8. The fourth-order valence-corrected chi connectivity index (χ4v) is 6.58. The smallest absolute Gasteiger partial charge is 0.271 e. The first-order valence-electron chi connectivity index (χ1n) is 14.5. The lowest BCUT2D eigenvalue weighted by Crippen LogP contribution is -2.55. The van der Waals surface area contributed by atoms with Crippen LogP contribution in [0.2, 0.25) is 5.02 Å². The number of carbonyl (C=O) groups is 2. The Balaban J connectivity index is 1.77. The van der Waals surface area contributed by atoms with Gasteiger partial charge in [-0.3, -0.25) is 24.0 Å². The number of anilines is 1. The van der Waals surface area contributed by atoms with Crippen molar-refractivity contribution < 1.29 is 22.9 Å². The Hall–Kier alpha value is -3.96. The minimum absolute atomic E-state index is 0.0130. The van der Waals surface area contributed by atoms with Crippen LogP contribution in [0.5, 0.6) is 0 Å². The molecule has 3 aromatic rings. The van der Waals surface area contributed by atoms with Gasteiger partial charge in [0.2, 0.25) is 21.8 Å². The topological polar surface area (TPSA) is 130 Å². The van der Waals surface area contributed by atoms with Crippen LogP contribution in [0.15, 0.2) is 72.8 Å². The molecule has 0 saturated heterocycles. The molecule has 0 spiro atoms. The van der Waals surface area contributed by atoms with Crippen LogP contribution in [0.1, 0.15) is 48.8 Å². The summed E-state index contributed by atoms with van der Waals surface area (Å²) in [4.78, 5) is 40.6. The number of aryl methyl sites for hydroxylation is 1. The maximum absolute atomic E-state index is 14.3. The second kappa shape index (κ2) is 14.7. The van der Waals surface area contributed by atoms with Crippen LogP contribution in [-0.2, 0) is 32.6 Å². The quantitative estimate of drug-likeness (QED) is 0.208. The highest BCUT2D eigenvalue weighted by atomic mass is 35.5. The van der Waals surface area contributed by atoms with Gasteiger partial charge in [-0.15, -0.1) is 0 Å². The summed E-state index contributed by atoms with van der Waals surface area (Å²) in [6.07, 6.45) is 5.92. The van der Waals surface area contributed by atoms with Crippen molar-refractivity contribution in [2.24, 2.45) is 0 Å². The summed E-state index contributed by atoms with van der Waals surface area (Å²) in [7, 11) is -4.08. The molecule has 0 radical (unpaired) electrons. The molecule has 234 valence electrons. The van der Waals surface area contributed by atoms with E-state index < -0.39 is 33.4 Å². The van der Waals surface area contributed by atoms with Crippen molar-refractivity contribution in [1.82, 2.24) is 10.2 Å². The molecule has 0 heterocycles. The molecule has 1 fully saturated rings. The summed E-state index contributed by atoms with van der Waals surface area (Å²) in [5, 5.41) is 15.1. The zero-order valence-corrected chi connectivity index (χ0v) is 26.4. The number of benzene rings is 3. The van der Waals surface area contributed by atoms with Gasteiger partial charge in [0.15, 0.2) is 0 Å². The fourth-order valence-electron chi connectivity index (χ4n) is 5.48. The van der Waals surface area contributed by atoms with E-state index in [9.17, 15) is 28.1 Å². The molecular weight excluding hydrogens is 604 g/mol. The van der Waals surface area contributed by atoms with E-state index in [1.165, 1.54) is 17.0 Å². The Morgan fingerprint density at radius 3 is 2.32 bits per heavy atom. The third-order valence-corrected chi connectivity index (χ3v) is 9.37. The maximum atomic E-state index is 14.3. The highest BCUT2D eigenvalue weighted by Crippen LogP contribution is 2.29. The summed E-state index contributed by atoms with van der Waals surface area (Å²) >= 11 is 6.51. The minimum atomic E-state index is -4.08. The minimum Gasteiger partial charge on any atom is -0.352 e. The number of nitrogens with zero attached hydrogens (tertiary/aromatic N) is 3. The molecule has 2 amide bonds. The van der Waals surface area contributed by atoms with Crippen LogP contribution < -0.4 is 9.62 Å². The molecule has 1 saturated carbocycles. The zero-order chi connectivity index (χ0) is 31.9. The molecular formula is C32H37ClN4O6S. The van der Waals surface area contributed by atoms with Crippen molar-refractivity contribution in [3.63, 3.8) is 0 Å². The van der Waals surface area contributed by atoms with E-state index in [1.54, 1.807) is 31.2 Å². The summed E-state index contributed by atoms with van der Waals surface area (Å²) in [5.74, 6) is -0.987. The lowest BCUT2D eigenvalue weighted by atomic mass is 9.94. The van der Waals surface area contributed by atoms with E-state index in [-0.39, 0.29) is 36.3 Å². The van der Waals surface area contributed by atoms with E-state index in [4.69, 9.17) is 11.6 Å². The molecule has 1 aliphatic rings. The maximum Gasteiger partial charge on any atom is 0.271 e. The summed E-state index contributed by atoms with van der Waals surface area (Å²) < 4.78 is 27.0. The number of hydrogen-bond acceptors (Lipinski definition) is 6. The van der Waals surface area contributed by atoms with E-state index in [0.29, 0.717) is 16.1 Å². The largest absolute Gasteiger partial charge is 0.352 e. The van der Waals surface area contributed by atoms with Gasteiger partial charge in [0.05, 0.1) is 16.9 Å². The van der Waals surface area contributed by atoms with Crippen molar-refractivity contribution >= 4 is 44.8 Å². The van der Waals surface area contributed by atoms with Crippen LogP contribution in [0.4, 0.5) is 11.4 Å². The second-order valence-corrected chi connectivity index (χ2v) is 13.5. The highest BCUT2D eigenvalue weighted by molar-refractivity contribution is 7.92. The van der Waals surface area contributed by atoms with Crippen LogP contribution in [0.3, 0.4) is 0 Å². The lowest BCUT2D eigenvalue weighted by Gasteiger charge is -2.35. The molecule has 0 bridgehead atoms. The number of carbonyl (C=O) groups excluding carboxylic acids is 2. The van der Waals surface area contributed by atoms with Crippen LogP contribution in [0, 0.1) is 17.0 Å². The standard InChI is InChI=1S/C32H37ClN4O6S/c1-23-17-18-27(37(40)41)20-29(23)36(44(2,42)43)22-31(38)35(21-25-13-9-10-16-28(25)33)30(19-24-11-5-3-6-12-24)32(39)34-26-14-7-4-8-15-26/h3,5-6,9-13,16-18,20,26,30H,4,7-8,14-15,19,21-22H2,1-2H3,(H,34,39). The second-order valence-electron chi connectivity index (χ2n) is 11.2. The molecule has 3 aromatic carbocycles. The summed E-state index contributed by atoms with van der Waals surface area (Å²) in [6, 6.07) is 19.1. The number of nitro groups is 1. The van der Waals surface area contributed by atoms with Crippen molar-refractivity contribution in [2.45, 2.75) is 64.1 Å². The third kappa shape index (κ3) is 8.57. The number of sulfonamides is 1.